The summed E-state index contributed by atoms with van der Waals surface area (Å²) in [4.78, 5) is 12.0. The first-order chi connectivity index (χ1) is 10.7. The van der Waals surface area contributed by atoms with E-state index in [0.29, 0.717) is 12.2 Å². The van der Waals surface area contributed by atoms with Gasteiger partial charge in [0.15, 0.2) is 0 Å². The average Bonchev–Trinajstić information content (AvgIpc) is 2.54. The first-order valence-corrected chi connectivity index (χ1v) is 8.00. The van der Waals surface area contributed by atoms with Gasteiger partial charge >= 0.3 is 0 Å². The SMILES string of the molecule is COCc1cc(C(=O)NCCO)ccc1-c1ccc(I)cc1. The molecule has 4 nitrogen and oxygen atoms in total. The number of halogens is 1. The van der Waals surface area contributed by atoms with Gasteiger partial charge in [0.1, 0.15) is 0 Å². The number of carbonyl (C=O) groups excluding carboxylic acids is 1. The van der Waals surface area contributed by atoms with E-state index in [9.17, 15) is 4.79 Å². The molecule has 2 rings (SSSR count). The van der Waals surface area contributed by atoms with Crippen molar-refractivity contribution in [1.29, 1.82) is 0 Å². The summed E-state index contributed by atoms with van der Waals surface area (Å²) in [6.45, 7) is 0.608. The largest absolute Gasteiger partial charge is 0.395 e. The monoisotopic (exact) mass is 411 g/mol. The molecule has 2 aromatic carbocycles. The van der Waals surface area contributed by atoms with Gasteiger partial charge in [0.2, 0.25) is 0 Å². The van der Waals surface area contributed by atoms with E-state index in [2.05, 4.69) is 40.0 Å². The number of aliphatic hydroxyl groups excluding tert-OH is 1. The zero-order valence-corrected chi connectivity index (χ0v) is 14.5. The Morgan fingerprint density at radius 3 is 2.59 bits per heavy atom. The van der Waals surface area contributed by atoms with E-state index in [1.165, 1.54) is 3.57 Å². The van der Waals surface area contributed by atoms with Crippen LogP contribution in [0.2, 0.25) is 0 Å². The molecule has 0 unspecified atom stereocenters. The van der Waals surface area contributed by atoms with Gasteiger partial charge in [-0.1, -0.05) is 18.2 Å². The Labute approximate surface area is 143 Å². The zero-order chi connectivity index (χ0) is 15.9. The van der Waals surface area contributed by atoms with Gasteiger partial charge in [-0.3, -0.25) is 4.79 Å². The number of benzene rings is 2. The lowest BCUT2D eigenvalue weighted by molar-refractivity contribution is 0.0944. The van der Waals surface area contributed by atoms with Gasteiger partial charge in [-0.15, -0.1) is 0 Å². The second-order valence-corrected chi connectivity index (χ2v) is 6.04. The predicted octanol–water partition coefficient (Wildman–Crippen LogP) is 2.83. The highest BCUT2D eigenvalue weighted by atomic mass is 127. The quantitative estimate of drug-likeness (QED) is 0.719. The van der Waals surface area contributed by atoms with Crippen LogP contribution in [0.4, 0.5) is 0 Å². The number of hydrogen-bond acceptors (Lipinski definition) is 3. The maximum absolute atomic E-state index is 12.0. The van der Waals surface area contributed by atoms with Crippen molar-refractivity contribution in [3.05, 3.63) is 57.2 Å². The highest BCUT2D eigenvalue weighted by Gasteiger charge is 2.11. The summed E-state index contributed by atoms with van der Waals surface area (Å²) in [7, 11) is 1.64. The van der Waals surface area contributed by atoms with E-state index in [0.717, 1.165) is 16.7 Å². The summed E-state index contributed by atoms with van der Waals surface area (Å²) in [5.74, 6) is -0.194. The Hall–Kier alpha value is -1.44. The Bertz CT molecular complexity index is 641. The number of nitrogens with one attached hydrogen (secondary N) is 1. The molecule has 116 valence electrons. The van der Waals surface area contributed by atoms with Crippen molar-refractivity contribution in [1.82, 2.24) is 5.32 Å². The van der Waals surface area contributed by atoms with Crippen molar-refractivity contribution in [3.63, 3.8) is 0 Å². The predicted molar refractivity (Wildman–Crippen MR) is 94.7 cm³/mol. The standard InChI is InChI=1S/C17H18INO3/c1-22-11-14-10-13(17(21)19-8-9-20)4-7-16(14)12-2-5-15(18)6-3-12/h2-7,10,20H,8-9,11H2,1H3,(H,19,21). The highest BCUT2D eigenvalue weighted by Crippen LogP contribution is 2.26. The highest BCUT2D eigenvalue weighted by molar-refractivity contribution is 14.1. The maximum Gasteiger partial charge on any atom is 0.251 e. The van der Waals surface area contributed by atoms with Crippen LogP contribution in [0.25, 0.3) is 11.1 Å². The average molecular weight is 411 g/mol. The van der Waals surface area contributed by atoms with Crippen molar-refractivity contribution < 1.29 is 14.6 Å². The van der Waals surface area contributed by atoms with E-state index in [4.69, 9.17) is 9.84 Å². The third-order valence-electron chi connectivity index (χ3n) is 3.22. The first kappa shape index (κ1) is 16.9. The van der Waals surface area contributed by atoms with Crippen LogP contribution in [0.3, 0.4) is 0 Å². The fourth-order valence-electron chi connectivity index (χ4n) is 2.19. The summed E-state index contributed by atoms with van der Waals surface area (Å²) in [6, 6.07) is 13.8. The van der Waals surface area contributed by atoms with Gasteiger partial charge in [0.05, 0.1) is 13.2 Å². The van der Waals surface area contributed by atoms with Crippen molar-refractivity contribution in [3.8, 4) is 11.1 Å². The fourth-order valence-corrected chi connectivity index (χ4v) is 2.55. The molecule has 0 atom stereocenters. The van der Waals surface area contributed by atoms with Crippen LogP contribution in [-0.2, 0) is 11.3 Å². The summed E-state index contributed by atoms with van der Waals surface area (Å²) in [5.41, 5.74) is 3.67. The van der Waals surface area contributed by atoms with Gasteiger partial charge in [0.25, 0.3) is 5.91 Å². The number of hydrogen-bond donors (Lipinski definition) is 2. The van der Waals surface area contributed by atoms with Crippen LogP contribution in [0.15, 0.2) is 42.5 Å². The second-order valence-electron chi connectivity index (χ2n) is 4.79. The lowest BCUT2D eigenvalue weighted by Gasteiger charge is -2.12. The van der Waals surface area contributed by atoms with Gasteiger partial charge in [-0.2, -0.15) is 0 Å². The number of amides is 1. The van der Waals surface area contributed by atoms with Crippen LogP contribution in [0.5, 0.6) is 0 Å². The van der Waals surface area contributed by atoms with Gasteiger partial charge < -0.3 is 15.2 Å². The fraction of sp³-hybridized carbons (Fsp3) is 0.235. The number of aliphatic hydroxyl groups is 1. The second kappa shape index (κ2) is 8.26. The Balaban J connectivity index is 2.34. The van der Waals surface area contributed by atoms with Gasteiger partial charge in [-0.05, 0) is 63.5 Å². The lowest BCUT2D eigenvalue weighted by Crippen LogP contribution is -2.26. The van der Waals surface area contributed by atoms with Crippen LogP contribution >= 0.6 is 22.6 Å². The van der Waals surface area contributed by atoms with Crippen molar-refractivity contribution in [2.75, 3.05) is 20.3 Å². The Morgan fingerprint density at radius 1 is 1.23 bits per heavy atom. The number of methoxy groups -OCH3 is 1. The molecule has 0 bridgehead atoms. The van der Waals surface area contributed by atoms with E-state index in [-0.39, 0.29) is 19.1 Å². The lowest BCUT2D eigenvalue weighted by atomic mass is 9.97. The molecule has 0 heterocycles. The molecule has 2 aromatic rings. The molecule has 0 aliphatic carbocycles. The molecule has 0 fully saturated rings. The molecular weight excluding hydrogens is 393 g/mol. The van der Waals surface area contributed by atoms with E-state index >= 15 is 0 Å². The van der Waals surface area contributed by atoms with Crippen LogP contribution in [0.1, 0.15) is 15.9 Å². The molecule has 0 aromatic heterocycles. The molecule has 0 radical (unpaired) electrons. The minimum Gasteiger partial charge on any atom is -0.395 e. The number of ether oxygens (including phenoxy) is 1. The third-order valence-corrected chi connectivity index (χ3v) is 3.94. The molecule has 1 amide bonds. The van der Waals surface area contributed by atoms with Crippen molar-refractivity contribution in [2.24, 2.45) is 0 Å². The van der Waals surface area contributed by atoms with E-state index in [1.807, 2.05) is 24.3 Å². The summed E-state index contributed by atoms with van der Waals surface area (Å²) in [5, 5.41) is 11.4. The minimum atomic E-state index is -0.194. The molecule has 0 saturated heterocycles. The smallest absolute Gasteiger partial charge is 0.251 e. The minimum absolute atomic E-state index is 0.0720. The summed E-state index contributed by atoms with van der Waals surface area (Å²) < 4.78 is 6.43. The maximum atomic E-state index is 12.0. The molecule has 2 N–H and O–H groups in total. The van der Waals surface area contributed by atoms with Crippen LogP contribution < -0.4 is 5.32 Å². The summed E-state index contributed by atoms with van der Waals surface area (Å²) >= 11 is 2.27. The van der Waals surface area contributed by atoms with Gasteiger partial charge in [-0.25, -0.2) is 0 Å². The van der Waals surface area contributed by atoms with E-state index in [1.54, 1.807) is 13.2 Å². The number of carbonyl (C=O) groups is 1. The first-order valence-electron chi connectivity index (χ1n) is 6.92. The topological polar surface area (TPSA) is 58.6 Å². The van der Waals surface area contributed by atoms with Crippen molar-refractivity contribution >= 4 is 28.5 Å². The van der Waals surface area contributed by atoms with Crippen molar-refractivity contribution in [2.45, 2.75) is 6.61 Å². The zero-order valence-electron chi connectivity index (χ0n) is 12.3. The van der Waals surface area contributed by atoms with Crippen LogP contribution in [0, 0.1) is 3.57 Å². The third kappa shape index (κ3) is 4.28. The molecule has 0 aliphatic heterocycles. The number of rotatable bonds is 6. The van der Waals surface area contributed by atoms with Crippen LogP contribution in [-0.4, -0.2) is 31.3 Å². The Morgan fingerprint density at radius 2 is 1.95 bits per heavy atom. The Kier molecular flexibility index (Phi) is 6.35. The molecule has 0 aliphatic rings. The molecule has 22 heavy (non-hydrogen) atoms. The summed E-state index contributed by atoms with van der Waals surface area (Å²) in [6.07, 6.45) is 0. The normalized spacial score (nSPS) is 10.5. The van der Waals surface area contributed by atoms with Gasteiger partial charge in [0, 0.05) is 22.8 Å². The molecule has 0 saturated carbocycles. The molecule has 5 heteroatoms. The van der Waals surface area contributed by atoms with E-state index < -0.39 is 0 Å². The molecular formula is C17H18INO3. The molecule has 0 spiro atoms.